The zero-order valence-electron chi connectivity index (χ0n) is 41.6. The summed E-state index contributed by atoms with van der Waals surface area (Å²) in [6, 6.07) is 7.27. The molecule has 67 heavy (non-hydrogen) atoms. The Kier molecular flexibility index (Phi) is 22.3. The summed E-state index contributed by atoms with van der Waals surface area (Å²) in [7, 11) is 6.18. The van der Waals surface area contributed by atoms with E-state index in [1.807, 2.05) is 71.9 Å². The third-order valence-corrected chi connectivity index (χ3v) is 13.8. The molecule has 3 rings (SSSR count). The van der Waals surface area contributed by atoms with E-state index in [9.17, 15) is 48.3 Å². The van der Waals surface area contributed by atoms with Crippen molar-refractivity contribution in [2.75, 3.05) is 34.9 Å². The first-order chi connectivity index (χ1) is 31.6. The Labute approximate surface area is 396 Å². The number of aliphatic carboxylic acids is 1. The van der Waals surface area contributed by atoms with Gasteiger partial charge in [-0.25, -0.2) is 4.79 Å². The van der Waals surface area contributed by atoms with Crippen LogP contribution in [0.15, 0.2) is 30.3 Å². The number of ether oxygens (including phenoxy) is 2. The van der Waals surface area contributed by atoms with Gasteiger partial charge in [0.05, 0.1) is 42.7 Å². The van der Waals surface area contributed by atoms with Gasteiger partial charge in [0.15, 0.2) is 5.78 Å². The fourth-order valence-corrected chi connectivity index (χ4v) is 9.68. The van der Waals surface area contributed by atoms with Crippen LogP contribution in [0.3, 0.4) is 0 Å². The van der Waals surface area contributed by atoms with Crippen LogP contribution in [0.5, 0.6) is 0 Å². The number of carboxylic acids is 1. The monoisotopic (exact) mass is 941 g/mol. The van der Waals surface area contributed by atoms with Crippen LogP contribution in [0.4, 0.5) is 0 Å². The summed E-state index contributed by atoms with van der Waals surface area (Å²) in [5.41, 5.74) is 0.819. The lowest BCUT2D eigenvalue weighted by atomic mass is 9.83. The van der Waals surface area contributed by atoms with Crippen molar-refractivity contribution in [3.8, 4) is 0 Å². The lowest BCUT2D eigenvalue weighted by Crippen LogP contribution is -2.54. The first-order valence-electron chi connectivity index (χ1n) is 23.9. The van der Waals surface area contributed by atoms with Crippen LogP contribution in [0.2, 0.25) is 0 Å². The molecule has 0 bridgehead atoms. The minimum Gasteiger partial charge on any atom is -0.481 e. The molecular weight excluding hydrogens is 865 g/mol. The van der Waals surface area contributed by atoms with E-state index >= 15 is 0 Å². The average molecular weight is 941 g/mol. The Morgan fingerprint density at radius 1 is 0.806 bits per heavy atom. The minimum absolute atomic E-state index is 0.0356. The number of hydroxylamine groups is 2. The number of benzene rings is 1. The maximum Gasteiger partial charge on any atom is 0.333 e. The predicted molar refractivity (Wildman–Crippen MR) is 247 cm³/mol. The predicted octanol–water partition coefficient (Wildman–Crippen LogP) is 5.30. The van der Waals surface area contributed by atoms with Crippen molar-refractivity contribution in [2.24, 2.45) is 35.5 Å². The molecule has 2 aliphatic heterocycles. The van der Waals surface area contributed by atoms with E-state index in [2.05, 4.69) is 0 Å². The second kappa shape index (κ2) is 26.5. The summed E-state index contributed by atoms with van der Waals surface area (Å²) in [6.45, 7) is 13.5. The summed E-state index contributed by atoms with van der Waals surface area (Å²) in [5, 5.41) is 10.5. The van der Waals surface area contributed by atoms with Gasteiger partial charge in [0, 0.05) is 85.2 Å². The molecule has 0 saturated carbocycles. The molecular formula is C50H76N4O13. The van der Waals surface area contributed by atoms with Gasteiger partial charge in [-0.15, -0.1) is 5.06 Å². The van der Waals surface area contributed by atoms with Crippen molar-refractivity contribution >= 4 is 53.0 Å². The first kappa shape index (κ1) is 56.3. The zero-order chi connectivity index (χ0) is 50.3. The number of methoxy groups -OCH3 is 2. The fraction of sp³-hybridized carbons (Fsp3) is 0.700. The van der Waals surface area contributed by atoms with Gasteiger partial charge in [-0.05, 0) is 49.0 Å². The molecule has 0 aliphatic carbocycles. The Hall–Kier alpha value is -5.03. The van der Waals surface area contributed by atoms with Crippen LogP contribution in [0.1, 0.15) is 125 Å². The Balaban J connectivity index is 1.72. The van der Waals surface area contributed by atoms with Crippen molar-refractivity contribution < 1.29 is 62.6 Å². The first-order valence-corrected chi connectivity index (χ1v) is 23.9. The van der Waals surface area contributed by atoms with Crippen LogP contribution < -0.4 is 0 Å². The van der Waals surface area contributed by atoms with E-state index in [4.69, 9.17) is 14.3 Å². The lowest BCUT2D eigenvalue weighted by molar-refractivity contribution is -0.197. The van der Waals surface area contributed by atoms with E-state index in [1.165, 1.54) is 26.2 Å². The summed E-state index contributed by atoms with van der Waals surface area (Å²) < 4.78 is 12.0. The Morgan fingerprint density at radius 3 is 1.97 bits per heavy atom. The number of hydrogen-bond acceptors (Lipinski definition) is 12. The molecule has 2 saturated heterocycles. The molecule has 5 amide bonds. The quantitative estimate of drug-likeness (QED) is 0.106. The maximum atomic E-state index is 14.6. The van der Waals surface area contributed by atoms with Crippen molar-refractivity contribution in [3.05, 3.63) is 35.9 Å². The molecule has 1 aromatic rings. The van der Waals surface area contributed by atoms with Crippen molar-refractivity contribution in [3.63, 3.8) is 0 Å². The molecule has 1 aromatic carbocycles. The molecule has 17 heteroatoms. The molecule has 2 aliphatic rings. The number of hydrogen-bond donors (Lipinski definition) is 1. The van der Waals surface area contributed by atoms with Crippen LogP contribution in [0.25, 0.3) is 0 Å². The normalized spacial score (nSPS) is 18.8. The molecule has 17 nitrogen and oxygen atoms in total. The number of ketones is 2. The van der Waals surface area contributed by atoms with E-state index < -0.39 is 77.7 Å². The summed E-state index contributed by atoms with van der Waals surface area (Å²) >= 11 is 0. The van der Waals surface area contributed by atoms with E-state index in [1.54, 1.807) is 23.8 Å². The van der Waals surface area contributed by atoms with Gasteiger partial charge in [-0.1, -0.05) is 85.2 Å². The second-order valence-corrected chi connectivity index (χ2v) is 19.1. The van der Waals surface area contributed by atoms with Crippen molar-refractivity contribution in [1.82, 2.24) is 19.8 Å². The largest absolute Gasteiger partial charge is 0.481 e. The van der Waals surface area contributed by atoms with Crippen LogP contribution in [0, 0.1) is 35.5 Å². The Morgan fingerprint density at radius 2 is 1.43 bits per heavy atom. The molecule has 374 valence electrons. The summed E-state index contributed by atoms with van der Waals surface area (Å²) in [6.07, 6.45) is -0.0489. The summed E-state index contributed by atoms with van der Waals surface area (Å²) in [5.74, 6) is -7.68. The molecule has 0 aromatic heterocycles. The third-order valence-electron chi connectivity index (χ3n) is 13.8. The van der Waals surface area contributed by atoms with E-state index in [-0.39, 0.29) is 98.9 Å². The van der Waals surface area contributed by atoms with Gasteiger partial charge in [0.25, 0.3) is 11.8 Å². The highest BCUT2D eigenvalue weighted by atomic mass is 16.7. The second-order valence-electron chi connectivity index (χ2n) is 19.1. The topological polar surface area (TPSA) is 215 Å². The molecule has 0 unspecified atom stereocenters. The maximum absolute atomic E-state index is 14.6. The average Bonchev–Trinajstić information content (AvgIpc) is 3.90. The van der Waals surface area contributed by atoms with Gasteiger partial charge in [-0.2, -0.15) is 0 Å². The van der Waals surface area contributed by atoms with Gasteiger partial charge >= 0.3 is 11.9 Å². The number of carboxylic acid groups (broad SMARTS) is 1. The highest BCUT2D eigenvalue weighted by molar-refractivity contribution is 6.01. The van der Waals surface area contributed by atoms with Gasteiger partial charge in [0.2, 0.25) is 17.7 Å². The smallest absolute Gasteiger partial charge is 0.333 e. The third kappa shape index (κ3) is 15.2. The highest BCUT2D eigenvalue weighted by Gasteiger charge is 2.44. The van der Waals surface area contributed by atoms with Crippen molar-refractivity contribution in [1.29, 1.82) is 0 Å². The number of Topliss-reactive ketones (excluding diaryl/α,β-unsaturated/α-hetero) is 2. The molecule has 2 heterocycles. The molecule has 9 atom stereocenters. The van der Waals surface area contributed by atoms with Gasteiger partial charge < -0.3 is 34.1 Å². The number of carbonyl (C=O) groups excluding carboxylic acids is 8. The highest BCUT2D eigenvalue weighted by Crippen LogP contribution is 2.32. The number of nitrogens with zero attached hydrogens (tertiary/aromatic N) is 4. The summed E-state index contributed by atoms with van der Waals surface area (Å²) in [4.78, 5) is 128. The molecule has 1 N–H and O–H groups in total. The van der Waals surface area contributed by atoms with E-state index in [0.29, 0.717) is 30.9 Å². The SMILES string of the molecule is CC[C@H](C)[C@@H]([C@@H](CC(=O)N1CCC[C@H]1[C@H](OC)[C@@H](C)C(=O)C[C@@H](Cc1ccccc1)C(=O)O)OC)N(C)C(=O)[C@@H](CC(=O)[C@H](C(C)C)N(C)C(=O)CCCC(=O)ON1C(=O)CCC1=O)C(C)C. The van der Waals surface area contributed by atoms with Crippen LogP contribution >= 0.6 is 0 Å². The van der Waals surface area contributed by atoms with Crippen LogP contribution in [-0.2, 0) is 63.9 Å². The molecule has 0 radical (unpaired) electrons. The van der Waals surface area contributed by atoms with Crippen LogP contribution in [-0.4, -0.2) is 143 Å². The van der Waals surface area contributed by atoms with Crippen molar-refractivity contribution in [2.45, 2.75) is 156 Å². The lowest BCUT2D eigenvalue weighted by Gasteiger charge is -2.41. The number of imide groups is 1. The minimum atomic E-state index is -1.06. The van der Waals surface area contributed by atoms with E-state index in [0.717, 1.165) is 5.56 Å². The number of amides is 5. The zero-order valence-corrected chi connectivity index (χ0v) is 41.6. The number of likely N-dealkylation sites (tertiary alicyclic amines) is 1. The Bertz CT molecular complexity index is 1870. The standard InChI is InChI=1S/C50H76N4O13/c1-12-32(6)47(40(65-10)29-44(60)53-25-17-20-37(53)48(66-11)33(7)38(55)27-35(50(63)64)26-34-18-14-13-15-19-34)52(9)49(62)36(30(2)3)28-39(56)46(31(4)5)51(8)41(57)21-16-22-45(61)67-54-42(58)23-24-43(54)59/h13-15,18-19,30-33,35-37,40,46-48H,12,16-17,20-29H2,1-11H3,(H,63,64)/t32-,33-,35+,36-,37-,40+,46-,47-,48+/m0/s1. The van der Waals surface area contributed by atoms with Gasteiger partial charge in [0.1, 0.15) is 5.78 Å². The fourth-order valence-electron chi connectivity index (χ4n) is 9.68. The number of likely N-dealkylation sites (N-methyl/N-ethyl adjacent to an activating group) is 2. The molecule has 0 spiro atoms. The van der Waals surface area contributed by atoms with Gasteiger partial charge in [-0.3, -0.25) is 38.4 Å². The number of rotatable bonds is 28. The molecule has 2 fully saturated rings. The number of carbonyl (C=O) groups is 9.